The molecule has 124 valence electrons. The van der Waals surface area contributed by atoms with E-state index >= 15 is 0 Å². The Morgan fingerprint density at radius 3 is 2.88 bits per heavy atom. The van der Waals surface area contributed by atoms with E-state index in [1.54, 1.807) is 36.1 Å². The van der Waals surface area contributed by atoms with Gasteiger partial charge in [0.1, 0.15) is 5.69 Å². The molecule has 1 aromatic heterocycles. The highest BCUT2D eigenvalue weighted by molar-refractivity contribution is 6.36. The van der Waals surface area contributed by atoms with Gasteiger partial charge in [0.25, 0.3) is 6.02 Å². The van der Waals surface area contributed by atoms with Crippen molar-refractivity contribution in [2.24, 2.45) is 0 Å². The van der Waals surface area contributed by atoms with Crippen molar-refractivity contribution in [3.05, 3.63) is 51.8 Å². The molecule has 0 saturated heterocycles. The number of hydrogen-bond donors (Lipinski definition) is 1. The van der Waals surface area contributed by atoms with Crippen molar-refractivity contribution in [2.45, 2.75) is 13.5 Å². The van der Waals surface area contributed by atoms with E-state index in [2.05, 4.69) is 4.98 Å². The summed E-state index contributed by atoms with van der Waals surface area (Å²) < 4.78 is 10.4. The highest BCUT2D eigenvalue weighted by Crippen LogP contribution is 2.37. The first kappa shape index (κ1) is 16.5. The van der Waals surface area contributed by atoms with Crippen molar-refractivity contribution in [1.82, 2.24) is 4.98 Å². The third kappa shape index (κ3) is 3.16. The van der Waals surface area contributed by atoms with Crippen LogP contribution < -0.4 is 9.64 Å². The lowest BCUT2D eigenvalue weighted by atomic mass is 10.1. The summed E-state index contributed by atoms with van der Waals surface area (Å²) in [7, 11) is 0. The number of benzene rings is 1. The number of carbonyl (C=O) groups excluding carboxylic acids is 1. The minimum Gasteiger partial charge on any atom is -0.461 e. The molecule has 2 heterocycles. The summed E-state index contributed by atoms with van der Waals surface area (Å²) in [6.45, 7) is 2.37. The first-order valence-electron chi connectivity index (χ1n) is 7.14. The predicted molar refractivity (Wildman–Crippen MR) is 91.2 cm³/mol. The first-order valence-corrected chi connectivity index (χ1v) is 7.90. The topological polar surface area (TPSA) is 75.5 Å². The number of ether oxygens (including phenoxy) is 2. The first-order chi connectivity index (χ1) is 11.5. The third-order valence-electron chi connectivity index (χ3n) is 3.40. The van der Waals surface area contributed by atoms with Crippen LogP contribution in [0.2, 0.25) is 10.0 Å². The molecule has 24 heavy (non-hydrogen) atoms. The maximum Gasteiger partial charge on any atom is 0.356 e. The molecule has 3 rings (SSSR count). The molecule has 1 aliphatic heterocycles. The largest absolute Gasteiger partial charge is 0.461 e. The zero-order valence-corrected chi connectivity index (χ0v) is 14.2. The second-order valence-electron chi connectivity index (χ2n) is 4.99. The molecule has 0 amide bonds. The molecule has 0 fully saturated rings. The monoisotopic (exact) mass is 365 g/mol. The van der Waals surface area contributed by atoms with E-state index in [4.69, 9.17) is 38.1 Å². The predicted octanol–water partition coefficient (Wildman–Crippen LogP) is 3.90. The number of fused-ring (bicyclic) bond motifs is 1. The van der Waals surface area contributed by atoms with Crippen LogP contribution in [0.4, 0.5) is 5.69 Å². The minimum atomic E-state index is -0.488. The standard InChI is InChI=1S/C16H13Cl2N3O3/c1-2-23-15(22)13-4-3-11(7-20-13)21-8-9-5-10(17)6-12(18)14(9)24-16(21)19/h3-7,19H,2,8H2,1H3. The normalized spacial score (nSPS) is 13.3. The lowest BCUT2D eigenvalue weighted by Gasteiger charge is -2.30. The van der Waals surface area contributed by atoms with Crippen LogP contribution in [-0.2, 0) is 11.3 Å². The molecule has 0 bridgehead atoms. The fraction of sp³-hybridized carbons (Fsp3) is 0.188. The Bertz CT molecular complexity index is 809. The van der Waals surface area contributed by atoms with Crippen LogP contribution in [0, 0.1) is 5.41 Å². The number of esters is 1. The second kappa shape index (κ2) is 6.67. The van der Waals surface area contributed by atoms with Crippen molar-refractivity contribution in [1.29, 1.82) is 5.41 Å². The van der Waals surface area contributed by atoms with Gasteiger partial charge in [0.2, 0.25) is 0 Å². The molecule has 1 N–H and O–H groups in total. The van der Waals surface area contributed by atoms with Crippen LogP contribution in [0.15, 0.2) is 30.5 Å². The van der Waals surface area contributed by atoms with Gasteiger partial charge in [0.05, 0.1) is 30.1 Å². The van der Waals surface area contributed by atoms with Gasteiger partial charge in [-0.25, -0.2) is 9.78 Å². The number of hydrogen-bond acceptors (Lipinski definition) is 5. The summed E-state index contributed by atoms with van der Waals surface area (Å²) in [6.07, 6.45) is 1.49. The van der Waals surface area contributed by atoms with Gasteiger partial charge < -0.3 is 9.47 Å². The Labute approximate surface area is 148 Å². The van der Waals surface area contributed by atoms with Crippen LogP contribution in [0.5, 0.6) is 5.75 Å². The van der Waals surface area contributed by atoms with Crippen molar-refractivity contribution < 1.29 is 14.3 Å². The van der Waals surface area contributed by atoms with Gasteiger partial charge in [0.15, 0.2) is 5.75 Å². The Kier molecular flexibility index (Phi) is 4.59. The number of rotatable bonds is 3. The van der Waals surface area contributed by atoms with Crippen molar-refractivity contribution in [3.8, 4) is 5.75 Å². The summed E-state index contributed by atoms with van der Waals surface area (Å²) >= 11 is 12.1. The van der Waals surface area contributed by atoms with Gasteiger partial charge in [0, 0.05) is 10.6 Å². The number of nitrogens with zero attached hydrogens (tertiary/aromatic N) is 2. The van der Waals surface area contributed by atoms with Crippen molar-refractivity contribution >= 4 is 40.9 Å². The highest BCUT2D eigenvalue weighted by atomic mass is 35.5. The summed E-state index contributed by atoms with van der Waals surface area (Å²) in [5, 5.41) is 8.91. The molecule has 0 unspecified atom stereocenters. The van der Waals surface area contributed by atoms with Gasteiger partial charge >= 0.3 is 5.97 Å². The number of anilines is 1. The Morgan fingerprint density at radius 1 is 1.42 bits per heavy atom. The van der Waals surface area contributed by atoms with Gasteiger partial charge in [-0.3, -0.25) is 10.3 Å². The van der Waals surface area contributed by atoms with Crippen molar-refractivity contribution in [3.63, 3.8) is 0 Å². The van der Waals surface area contributed by atoms with Crippen LogP contribution >= 0.6 is 23.2 Å². The maximum atomic E-state index is 11.6. The number of halogens is 2. The average molecular weight is 366 g/mol. The number of amidine groups is 1. The molecule has 2 aromatic rings. The molecular formula is C16H13Cl2N3O3. The minimum absolute atomic E-state index is 0.0857. The Balaban J connectivity index is 1.87. The smallest absolute Gasteiger partial charge is 0.356 e. The lowest BCUT2D eigenvalue weighted by Crippen LogP contribution is -2.37. The van der Waals surface area contributed by atoms with E-state index in [0.717, 1.165) is 5.56 Å². The number of aromatic nitrogens is 1. The maximum absolute atomic E-state index is 11.6. The van der Waals surface area contributed by atoms with Crippen LogP contribution in [0.1, 0.15) is 23.0 Å². The Hall–Kier alpha value is -2.31. The van der Waals surface area contributed by atoms with E-state index in [0.29, 0.717) is 28.0 Å². The van der Waals surface area contributed by atoms with E-state index in [-0.39, 0.29) is 18.3 Å². The molecule has 0 radical (unpaired) electrons. The number of pyridine rings is 1. The lowest BCUT2D eigenvalue weighted by molar-refractivity contribution is 0.0519. The zero-order valence-electron chi connectivity index (χ0n) is 12.7. The molecule has 6 nitrogen and oxygen atoms in total. The summed E-state index contributed by atoms with van der Waals surface area (Å²) in [6, 6.07) is 6.44. The third-order valence-corrected chi connectivity index (χ3v) is 3.90. The summed E-state index contributed by atoms with van der Waals surface area (Å²) in [5.41, 5.74) is 1.57. The molecule has 0 spiro atoms. The average Bonchev–Trinajstić information content (AvgIpc) is 2.55. The van der Waals surface area contributed by atoms with E-state index in [9.17, 15) is 4.79 Å². The summed E-state index contributed by atoms with van der Waals surface area (Å²) in [5.74, 6) is -0.0589. The number of carbonyl (C=O) groups is 1. The van der Waals surface area contributed by atoms with E-state index < -0.39 is 5.97 Å². The molecule has 1 aliphatic rings. The molecule has 0 atom stereocenters. The molecule has 0 aliphatic carbocycles. The Morgan fingerprint density at radius 2 is 2.21 bits per heavy atom. The quantitative estimate of drug-likeness (QED) is 0.834. The summed E-state index contributed by atoms with van der Waals surface area (Å²) in [4.78, 5) is 17.3. The van der Waals surface area contributed by atoms with Crippen LogP contribution in [-0.4, -0.2) is 23.6 Å². The van der Waals surface area contributed by atoms with Crippen molar-refractivity contribution in [2.75, 3.05) is 11.5 Å². The molecule has 0 saturated carbocycles. The van der Waals surface area contributed by atoms with Gasteiger partial charge in [-0.1, -0.05) is 23.2 Å². The molecule has 1 aromatic carbocycles. The van der Waals surface area contributed by atoms with Gasteiger partial charge in [-0.15, -0.1) is 0 Å². The zero-order chi connectivity index (χ0) is 17.3. The number of nitrogens with one attached hydrogen (secondary N) is 1. The van der Waals surface area contributed by atoms with Crippen LogP contribution in [0.3, 0.4) is 0 Å². The van der Waals surface area contributed by atoms with Crippen LogP contribution in [0.25, 0.3) is 0 Å². The van der Waals surface area contributed by atoms with E-state index in [1.165, 1.54) is 6.20 Å². The fourth-order valence-corrected chi connectivity index (χ4v) is 2.89. The SMILES string of the molecule is CCOC(=O)c1ccc(N2Cc3cc(Cl)cc(Cl)c3OC2=N)cn1. The molecule has 8 heteroatoms. The van der Waals surface area contributed by atoms with Gasteiger partial charge in [-0.2, -0.15) is 0 Å². The highest BCUT2D eigenvalue weighted by Gasteiger charge is 2.26. The molecular weight excluding hydrogens is 353 g/mol. The fourth-order valence-electron chi connectivity index (χ4n) is 2.32. The second-order valence-corrected chi connectivity index (χ2v) is 5.83. The van der Waals surface area contributed by atoms with E-state index in [1.807, 2.05) is 0 Å². The van der Waals surface area contributed by atoms with Gasteiger partial charge in [-0.05, 0) is 31.2 Å².